The van der Waals surface area contributed by atoms with Crippen molar-refractivity contribution in [2.45, 2.75) is 277 Å². The molecule has 2 rings (SSSR count). The van der Waals surface area contributed by atoms with E-state index in [0.29, 0.717) is 52.0 Å². The van der Waals surface area contributed by atoms with Gasteiger partial charge in [0.2, 0.25) is 0 Å². The molecule has 0 unspecified atom stereocenters. The van der Waals surface area contributed by atoms with Crippen molar-refractivity contribution in [3.8, 4) is 0 Å². The molecule has 0 aromatic heterocycles. The fourth-order valence-electron chi connectivity index (χ4n) is 9.35. The molecule has 2 atom stereocenters. The van der Waals surface area contributed by atoms with Crippen molar-refractivity contribution >= 4 is 23.9 Å². The van der Waals surface area contributed by atoms with Gasteiger partial charge in [0, 0.05) is 32.4 Å². The monoisotopic (exact) mass is 905 g/mol. The lowest BCUT2D eigenvalue weighted by molar-refractivity contribution is -0.151. The topological polar surface area (TPSA) is 112 Å². The number of esters is 4. The first-order valence-corrected chi connectivity index (χ1v) is 27.5. The number of likely N-dealkylation sites (tertiary alicyclic amines) is 2. The predicted molar refractivity (Wildman–Crippen MR) is 261 cm³/mol. The highest BCUT2D eigenvalue weighted by atomic mass is 16.6. The Kier molecular flexibility index (Phi) is 37.1. The Hall–Kier alpha value is -2.20. The average molecular weight is 905 g/mol. The van der Waals surface area contributed by atoms with E-state index in [0.717, 1.165) is 110 Å². The zero-order chi connectivity index (χ0) is 46.1. The van der Waals surface area contributed by atoms with Gasteiger partial charge in [0.15, 0.2) is 0 Å². The van der Waals surface area contributed by atoms with Gasteiger partial charge < -0.3 is 23.8 Å². The molecule has 374 valence electrons. The maximum atomic E-state index is 13.4. The lowest BCUT2D eigenvalue weighted by atomic mass is 10.0. The first-order chi connectivity index (χ1) is 31.4. The van der Waals surface area contributed by atoms with Crippen LogP contribution < -0.4 is 0 Å². The van der Waals surface area contributed by atoms with Gasteiger partial charge in [-0.1, -0.05) is 162 Å². The number of carbonyl (C=O) groups excluding carboxylic acids is 4. The fourth-order valence-corrected chi connectivity index (χ4v) is 9.35. The molecule has 2 heterocycles. The van der Waals surface area contributed by atoms with Crippen LogP contribution in [0.25, 0.3) is 0 Å². The number of nitrogens with zero attached hydrogens (tertiary/aromatic N) is 2. The summed E-state index contributed by atoms with van der Waals surface area (Å²) >= 11 is 0. The van der Waals surface area contributed by atoms with Gasteiger partial charge in [-0.2, -0.15) is 0 Å². The highest BCUT2D eigenvalue weighted by Gasteiger charge is 2.39. The second-order valence-corrected chi connectivity index (χ2v) is 19.4. The van der Waals surface area contributed by atoms with Crippen LogP contribution in [0.4, 0.5) is 0 Å². The Morgan fingerprint density at radius 3 is 1.52 bits per heavy atom. The van der Waals surface area contributed by atoms with Crippen molar-refractivity contribution < 1.29 is 38.1 Å². The summed E-state index contributed by atoms with van der Waals surface area (Å²) in [7, 11) is 0. The molecule has 2 saturated heterocycles. The molecule has 0 bridgehead atoms. The van der Waals surface area contributed by atoms with E-state index in [4.69, 9.17) is 18.9 Å². The number of rotatable bonds is 44. The molecule has 10 nitrogen and oxygen atoms in total. The van der Waals surface area contributed by atoms with Gasteiger partial charge in [-0.3, -0.25) is 24.1 Å². The SMILES string of the molecule is CCCCCCCCCCCOC(=O)CCCCCN1C[C@@H](OC(=O)CCN2CCCC2)C[C@H]1C(=O)OCCCCCCCC(=O)OC(CCCCCCCC)CCCCCCCC. The molecule has 0 radical (unpaired) electrons. The molecular weight excluding hydrogens is 805 g/mol. The van der Waals surface area contributed by atoms with Crippen LogP contribution in [0.15, 0.2) is 0 Å². The second kappa shape index (κ2) is 41.0. The minimum Gasteiger partial charge on any atom is -0.466 e. The van der Waals surface area contributed by atoms with Gasteiger partial charge in [0.25, 0.3) is 0 Å². The second-order valence-electron chi connectivity index (χ2n) is 19.4. The first-order valence-electron chi connectivity index (χ1n) is 27.5. The number of hydrogen-bond donors (Lipinski definition) is 0. The van der Waals surface area contributed by atoms with Crippen LogP contribution in [-0.2, 0) is 38.1 Å². The molecule has 0 aromatic carbocycles. The number of hydrogen-bond acceptors (Lipinski definition) is 10. The molecule has 0 aromatic rings. The summed E-state index contributed by atoms with van der Waals surface area (Å²) < 4.78 is 23.2. The average Bonchev–Trinajstić information content (AvgIpc) is 3.97. The minimum atomic E-state index is -0.436. The molecule has 2 fully saturated rings. The van der Waals surface area contributed by atoms with Crippen LogP contribution in [0.5, 0.6) is 0 Å². The maximum Gasteiger partial charge on any atom is 0.323 e. The van der Waals surface area contributed by atoms with E-state index in [9.17, 15) is 19.2 Å². The molecule has 10 heteroatoms. The molecule has 0 saturated carbocycles. The van der Waals surface area contributed by atoms with Gasteiger partial charge in [0.05, 0.1) is 19.6 Å². The molecule has 0 N–H and O–H groups in total. The fraction of sp³-hybridized carbons (Fsp3) is 0.926. The Bertz CT molecular complexity index is 1130. The van der Waals surface area contributed by atoms with Crippen LogP contribution in [0, 0.1) is 0 Å². The molecule has 64 heavy (non-hydrogen) atoms. The summed E-state index contributed by atoms with van der Waals surface area (Å²) in [6.45, 7) is 11.7. The van der Waals surface area contributed by atoms with E-state index in [1.54, 1.807) is 0 Å². The van der Waals surface area contributed by atoms with Gasteiger partial charge in [-0.15, -0.1) is 0 Å². The predicted octanol–water partition coefficient (Wildman–Crippen LogP) is 13.4. The summed E-state index contributed by atoms with van der Waals surface area (Å²) in [4.78, 5) is 55.8. The van der Waals surface area contributed by atoms with E-state index in [-0.39, 0.29) is 36.1 Å². The van der Waals surface area contributed by atoms with Crippen LogP contribution in [0.3, 0.4) is 0 Å². The van der Waals surface area contributed by atoms with Gasteiger partial charge >= 0.3 is 23.9 Å². The van der Waals surface area contributed by atoms with Crippen molar-refractivity contribution in [1.82, 2.24) is 9.80 Å². The van der Waals surface area contributed by atoms with Crippen molar-refractivity contribution in [2.24, 2.45) is 0 Å². The number of unbranched alkanes of at least 4 members (excludes halogenated alkanes) is 24. The Balaban J connectivity index is 1.67. The summed E-state index contributed by atoms with van der Waals surface area (Å²) in [5.74, 6) is -0.599. The van der Waals surface area contributed by atoms with E-state index in [2.05, 4.69) is 30.6 Å². The van der Waals surface area contributed by atoms with E-state index in [1.807, 2.05) is 0 Å². The number of carbonyl (C=O) groups is 4. The summed E-state index contributed by atoms with van der Waals surface area (Å²) in [6.07, 6.45) is 39.0. The molecule has 2 aliphatic rings. The lowest BCUT2D eigenvalue weighted by Crippen LogP contribution is -2.38. The Morgan fingerprint density at radius 1 is 0.484 bits per heavy atom. The summed E-state index contributed by atoms with van der Waals surface area (Å²) in [5.41, 5.74) is 0. The van der Waals surface area contributed by atoms with E-state index < -0.39 is 6.04 Å². The summed E-state index contributed by atoms with van der Waals surface area (Å²) in [6, 6.07) is -0.436. The van der Waals surface area contributed by atoms with Crippen molar-refractivity contribution in [2.75, 3.05) is 45.9 Å². The van der Waals surface area contributed by atoms with E-state index in [1.165, 1.54) is 122 Å². The highest BCUT2D eigenvalue weighted by Crippen LogP contribution is 2.24. The Morgan fingerprint density at radius 2 is 0.953 bits per heavy atom. The smallest absolute Gasteiger partial charge is 0.323 e. The number of ether oxygens (including phenoxy) is 4. The van der Waals surface area contributed by atoms with Gasteiger partial charge in [0.1, 0.15) is 18.2 Å². The van der Waals surface area contributed by atoms with Gasteiger partial charge in [-0.05, 0) is 90.3 Å². The van der Waals surface area contributed by atoms with Crippen LogP contribution in [-0.4, -0.2) is 97.9 Å². The zero-order valence-electron chi connectivity index (χ0n) is 42.0. The first kappa shape index (κ1) is 57.9. The van der Waals surface area contributed by atoms with Crippen molar-refractivity contribution in [3.05, 3.63) is 0 Å². The zero-order valence-corrected chi connectivity index (χ0v) is 42.0. The third-order valence-corrected chi connectivity index (χ3v) is 13.4. The standard InChI is InChI=1S/C54H100N2O8/c1-4-7-10-13-16-17-18-23-33-44-61-51(57)37-29-25-30-42-56-47-49(64-53(59)39-43-55-40-31-32-41-55)46-50(56)54(60)62-45-34-24-19-22-28-38-52(58)63-48(35-26-20-14-11-8-5-2)36-27-21-15-12-9-6-3/h48-50H,4-47H2,1-3H3/t49-,50-/m0/s1. The summed E-state index contributed by atoms with van der Waals surface area (Å²) in [5, 5.41) is 0. The van der Waals surface area contributed by atoms with Crippen LogP contribution in [0.1, 0.15) is 258 Å². The molecule has 0 spiro atoms. The van der Waals surface area contributed by atoms with Gasteiger partial charge in [-0.25, -0.2) is 0 Å². The van der Waals surface area contributed by atoms with Crippen LogP contribution >= 0.6 is 0 Å². The molecule has 2 aliphatic heterocycles. The molecular formula is C54H100N2O8. The Labute approximate surface area is 393 Å². The third kappa shape index (κ3) is 31.7. The van der Waals surface area contributed by atoms with Crippen molar-refractivity contribution in [3.63, 3.8) is 0 Å². The third-order valence-electron chi connectivity index (χ3n) is 13.4. The molecule has 0 aliphatic carbocycles. The normalized spacial score (nSPS) is 16.8. The molecule has 0 amide bonds. The minimum absolute atomic E-state index is 0.0466. The largest absolute Gasteiger partial charge is 0.466 e. The lowest BCUT2D eigenvalue weighted by Gasteiger charge is -2.22. The van der Waals surface area contributed by atoms with Crippen molar-refractivity contribution in [1.29, 1.82) is 0 Å². The highest BCUT2D eigenvalue weighted by molar-refractivity contribution is 5.76. The van der Waals surface area contributed by atoms with Crippen LogP contribution in [0.2, 0.25) is 0 Å². The van der Waals surface area contributed by atoms with E-state index >= 15 is 0 Å². The quantitative estimate of drug-likeness (QED) is 0.0333. The maximum absolute atomic E-state index is 13.4.